The van der Waals surface area contributed by atoms with Crippen molar-refractivity contribution in [3.8, 4) is 17.9 Å². The second kappa shape index (κ2) is 7.77. The number of nitrogens with zero attached hydrogens (tertiary/aromatic N) is 2. The van der Waals surface area contributed by atoms with E-state index >= 15 is 0 Å². The summed E-state index contributed by atoms with van der Waals surface area (Å²) in [5, 5.41) is 12.2. The molecule has 1 aromatic rings. The number of aromatic nitrogens is 1. The van der Waals surface area contributed by atoms with Gasteiger partial charge >= 0.3 is 5.97 Å². The first kappa shape index (κ1) is 17.7. The Labute approximate surface area is 142 Å². The number of nitrogens with one attached hydrogen (secondary N) is 1. The van der Waals surface area contributed by atoms with Gasteiger partial charge in [-0.3, -0.25) is 10.1 Å². The molecule has 1 aromatic heterocycles. The summed E-state index contributed by atoms with van der Waals surface area (Å²) in [5.74, 6) is 5.76. The highest BCUT2D eigenvalue weighted by molar-refractivity contribution is 5.76. The molecule has 24 heavy (non-hydrogen) atoms. The molecule has 124 valence electrons. The number of piperidine rings is 1. The molecule has 2 heterocycles. The predicted octanol–water partition coefficient (Wildman–Crippen LogP) is 2.32. The topological polar surface area (TPSA) is 75.0 Å². The number of carbonyl (C=O) groups is 1. The molecule has 0 aromatic carbocycles. The van der Waals surface area contributed by atoms with Crippen LogP contribution in [0.4, 0.5) is 0 Å². The van der Waals surface area contributed by atoms with Gasteiger partial charge in [0.25, 0.3) is 0 Å². The van der Waals surface area contributed by atoms with E-state index in [1.807, 2.05) is 26.8 Å². The van der Waals surface area contributed by atoms with E-state index in [9.17, 15) is 4.79 Å². The smallest absolute Gasteiger partial charge is 0.323 e. The van der Waals surface area contributed by atoms with Gasteiger partial charge in [-0.25, -0.2) is 4.98 Å². The van der Waals surface area contributed by atoms with Crippen LogP contribution in [0.5, 0.6) is 0 Å². The van der Waals surface area contributed by atoms with E-state index in [1.165, 1.54) is 0 Å². The van der Waals surface area contributed by atoms with Gasteiger partial charge in [0, 0.05) is 11.7 Å². The van der Waals surface area contributed by atoms with Crippen molar-refractivity contribution >= 4 is 5.97 Å². The number of allylic oxidation sites excluding steroid dienone is 1. The van der Waals surface area contributed by atoms with Crippen molar-refractivity contribution in [3.63, 3.8) is 0 Å². The van der Waals surface area contributed by atoms with E-state index in [0.717, 1.165) is 12.0 Å². The Kier molecular flexibility index (Phi) is 5.73. The van der Waals surface area contributed by atoms with Crippen LogP contribution in [0, 0.1) is 23.2 Å². The second-order valence-electron chi connectivity index (χ2n) is 6.09. The number of nitriles is 1. The fourth-order valence-electron chi connectivity index (χ4n) is 2.65. The van der Waals surface area contributed by atoms with Crippen LogP contribution in [0.15, 0.2) is 30.0 Å². The van der Waals surface area contributed by atoms with E-state index in [0.29, 0.717) is 24.3 Å². The number of carbonyl (C=O) groups excluding carboxylic acids is 1. The quantitative estimate of drug-likeness (QED) is 0.668. The lowest BCUT2D eigenvalue weighted by Gasteiger charge is -2.38. The summed E-state index contributed by atoms with van der Waals surface area (Å²) in [6.45, 7) is 6.25. The van der Waals surface area contributed by atoms with Crippen molar-refractivity contribution in [1.29, 1.82) is 5.26 Å². The van der Waals surface area contributed by atoms with Crippen molar-refractivity contribution in [2.75, 3.05) is 6.61 Å². The first-order valence-corrected chi connectivity index (χ1v) is 7.98. The number of rotatable bonds is 2. The fourth-order valence-corrected chi connectivity index (χ4v) is 2.65. The van der Waals surface area contributed by atoms with Crippen LogP contribution in [0.3, 0.4) is 0 Å². The molecule has 0 radical (unpaired) electrons. The Hall–Kier alpha value is -2.63. The van der Waals surface area contributed by atoms with E-state index < -0.39 is 0 Å². The average molecular weight is 323 g/mol. The number of ether oxygens (including phenoxy) is 1. The third-order valence-corrected chi connectivity index (χ3v) is 3.95. The maximum Gasteiger partial charge on any atom is 0.323 e. The Morgan fingerprint density at radius 3 is 3.04 bits per heavy atom. The molecule has 0 aliphatic carbocycles. The van der Waals surface area contributed by atoms with Crippen molar-refractivity contribution in [2.45, 2.75) is 45.2 Å². The molecule has 0 amide bonds. The van der Waals surface area contributed by atoms with Gasteiger partial charge in [0.1, 0.15) is 11.7 Å². The third kappa shape index (κ3) is 4.44. The summed E-state index contributed by atoms with van der Waals surface area (Å²) in [6.07, 6.45) is 4.92. The highest BCUT2D eigenvalue weighted by Crippen LogP contribution is 2.28. The highest BCUT2D eigenvalue weighted by atomic mass is 16.5. The van der Waals surface area contributed by atoms with E-state index in [2.05, 4.69) is 28.2 Å². The Morgan fingerprint density at radius 1 is 1.58 bits per heavy atom. The van der Waals surface area contributed by atoms with Crippen molar-refractivity contribution in [1.82, 2.24) is 10.3 Å². The lowest BCUT2D eigenvalue weighted by molar-refractivity contribution is -0.146. The predicted molar refractivity (Wildman–Crippen MR) is 90.8 cm³/mol. The van der Waals surface area contributed by atoms with Gasteiger partial charge in [-0.1, -0.05) is 5.92 Å². The van der Waals surface area contributed by atoms with Gasteiger partial charge in [0.2, 0.25) is 0 Å². The van der Waals surface area contributed by atoms with E-state index in [1.54, 1.807) is 18.3 Å². The first-order valence-electron chi connectivity index (χ1n) is 7.98. The minimum absolute atomic E-state index is 0.201. The third-order valence-electron chi connectivity index (χ3n) is 3.95. The fraction of sp³-hybridized carbons (Fsp3) is 0.421. The molecule has 2 rings (SSSR count). The van der Waals surface area contributed by atoms with Gasteiger partial charge < -0.3 is 4.74 Å². The highest BCUT2D eigenvalue weighted by Gasteiger charge is 2.35. The molecule has 1 saturated heterocycles. The van der Waals surface area contributed by atoms with Gasteiger partial charge in [0.05, 0.1) is 18.2 Å². The van der Waals surface area contributed by atoms with E-state index in [4.69, 9.17) is 10.00 Å². The van der Waals surface area contributed by atoms with Gasteiger partial charge in [0.15, 0.2) is 0 Å². The van der Waals surface area contributed by atoms with Crippen LogP contribution >= 0.6 is 0 Å². The molecule has 5 nitrogen and oxygen atoms in total. The average Bonchev–Trinajstić information content (AvgIpc) is 2.56. The zero-order valence-corrected chi connectivity index (χ0v) is 14.2. The van der Waals surface area contributed by atoms with Crippen molar-refractivity contribution in [3.05, 3.63) is 41.2 Å². The molecular formula is C19H21N3O2. The molecular weight excluding hydrogens is 302 g/mol. The molecule has 5 heteroatoms. The van der Waals surface area contributed by atoms with Gasteiger partial charge in [-0.2, -0.15) is 5.26 Å². The zero-order valence-electron chi connectivity index (χ0n) is 14.2. The number of pyridine rings is 1. The molecule has 1 unspecified atom stereocenters. The molecule has 0 bridgehead atoms. The lowest BCUT2D eigenvalue weighted by atomic mass is 9.83. The number of hydrogen-bond donors (Lipinski definition) is 1. The maximum atomic E-state index is 11.9. The van der Waals surface area contributed by atoms with E-state index in [-0.39, 0.29) is 17.6 Å². The van der Waals surface area contributed by atoms with Crippen LogP contribution in [-0.4, -0.2) is 29.1 Å². The summed E-state index contributed by atoms with van der Waals surface area (Å²) in [7, 11) is 0. The lowest BCUT2D eigenvalue weighted by Crippen LogP contribution is -2.54. The molecule has 1 fully saturated rings. The van der Waals surface area contributed by atoms with Crippen LogP contribution in [-0.2, 0) is 9.53 Å². The van der Waals surface area contributed by atoms with Gasteiger partial charge in [-0.15, -0.1) is 0 Å². The van der Waals surface area contributed by atoms with Crippen molar-refractivity contribution < 1.29 is 9.53 Å². The zero-order chi connectivity index (χ0) is 17.6. The summed E-state index contributed by atoms with van der Waals surface area (Å²) in [5.41, 5.74) is 1.91. The normalized spacial score (nSPS) is 20.6. The molecule has 0 spiro atoms. The summed E-state index contributed by atoms with van der Waals surface area (Å²) in [6, 6.07) is 5.10. The number of hydrogen-bond acceptors (Lipinski definition) is 5. The Morgan fingerprint density at radius 2 is 2.38 bits per heavy atom. The molecule has 1 aliphatic heterocycles. The second-order valence-corrected chi connectivity index (χ2v) is 6.09. The van der Waals surface area contributed by atoms with Gasteiger partial charge in [-0.05, 0) is 63.3 Å². The Bertz CT molecular complexity index is 748. The maximum absolute atomic E-state index is 11.9. The van der Waals surface area contributed by atoms with Crippen molar-refractivity contribution in [2.24, 2.45) is 0 Å². The summed E-state index contributed by atoms with van der Waals surface area (Å²) >= 11 is 0. The SMILES string of the molecule is CCOC(=O)C1CC/C(=C\C#Cc2cc(C#N)ccn2)C(C)(C)N1. The van der Waals surface area contributed by atoms with Crippen LogP contribution in [0.2, 0.25) is 0 Å². The molecule has 1 aliphatic rings. The van der Waals surface area contributed by atoms with Crippen LogP contribution in [0.1, 0.15) is 44.9 Å². The van der Waals surface area contributed by atoms with Crippen LogP contribution in [0.25, 0.3) is 0 Å². The Balaban J connectivity index is 2.10. The monoisotopic (exact) mass is 323 g/mol. The minimum Gasteiger partial charge on any atom is -0.465 e. The molecule has 0 saturated carbocycles. The largest absolute Gasteiger partial charge is 0.465 e. The molecule has 1 N–H and O–H groups in total. The van der Waals surface area contributed by atoms with Crippen LogP contribution < -0.4 is 5.32 Å². The number of esters is 1. The summed E-state index contributed by atoms with van der Waals surface area (Å²) < 4.78 is 5.09. The summed E-state index contributed by atoms with van der Waals surface area (Å²) in [4.78, 5) is 16.0. The minimum atomic E-state index is -0.327. The first-order chi connectivity index (χ1) is 11.5. The standard InChI is InChI=1S/C19H21N3O2/c1-4-24-18(23)17-9-8-15(19(2,3)22-17)6-5-7-16-12-14(13-20)10-11-21-16/h6,10-12,17,22H,4,8-9H2,1-3H3/b15-6+. The molecule has 1 atom stereocenters.